The topological polar surface area (TPSA) is 57.0 Å². The molecule has 0 radical (unpaired) electrons. The lowest BCUT2D eigenvalue weighted by Crippen LogP contribution is -2.11. The van der Waals surface area contributed by atoms with Crippen molar-refractivity contribution in [1.29, 1.82) is 0 Å². The van der Waals surface area contributed by atoms with Crippen LogP contribution in [0.2, 0.25) is 0 Å². The molecule has 1 aromatic heterocycles. The molecule has 3 aromatic rings. The second-order valence-corrected chi connectivity index (χ2v) is 9.22. The Kier molecular flexibility index (Phi) is 5.70. The molecule has 0 bridgehead atoms. The van der Waals surface area contributed by atoms with E-state index in [9.17, 15) is 4.21 Å². The summed E-state index contributed by atoms with van der Waals surface area (Å²) in [5.74, 6) is 0.706. The van der Waals surface area contributed by atoms with Gasteiger partial charge in [-0.15, -0.1) is 5.10 Å². The maximum atomic E-state index is 13.2. The fraction of sp³-hybridized carbons (Fsp3) is 0.364. The molecule has 0 aliphatic rings. The van der Waals surface area contributed by atoms with Crippen LogP contribution in [0.3, 0.4) is 0 Å². The highest BCUT2D eigenvalue weighted by Gasteiger charge is 2.22. The Morgan fingerprint density at radius 1 is 1.11 bits per heavy atom. The molecule has 0 aliphatic heterocycles. The number of hydrogen-bond acceptors (Lipinski definition) is 4. The third-order valence-corrected chi connectivity index (χ3v) is 6.10. The van der Waals surface area contributed by atoms with Crippen LogP contribution in [0.1, 0.15) is 44.5 Å². The van der Waals surface area contributed by atoms with Gasteiger partial charge in [0.25, 0.3) is 0 Å². The van der Waals surface area contributed by atoms with Gasteiger partial charge in [-0.3, -0.25) is 0 Å². The molecule has 0 amide bonds. The van der Waals surface area contributed by atoms with Gasteiger partial charge in [-0.2, -0.15) is 0 Å². The normalized spacial score (nSPS) is 12.8. The predicted octanol–water partition coefficient (Wildman–Crippen LogP) is 4.61. The SMILES string of the molecule is CCc1c(S(=O)c2ccc(C(C)(C)C)cc2)nnn1-c1cc(C)ccc1OC. The molecule has 6 heteroatoms. The molecular formula is C22H27N3O2S. The monoisotopic (exact) mass is 397 g/mol. The van der Waals surface area contributed by atoms with Gasteiger partial charge in [0, 0.05) is 4.90 Å². The third kappa shape index (κ3) is 3.87. The summed E-state index contributed by atoms with van der Waals surface area (Å²) in [7, 11) is 0.236. The van der Waals surface area contributed by atoms with Gasteiger partial charge in [0.05, 0.1) is 12.8 Å². The van der Waals surface area contributed by atoms with Crippen LogP contribution in [-0.4, -0.2) is 26.3 Å². The first kappa shape index (κ1) is 20.3. The van der Waals surface area contributed by atoms with E-state index >= 15 is 0 Å². The number of benzene rings is 2. The Hall–Kier alpha value is -2.47. The number of methoxy groups -OCH3 is 1. The Morgan fingerprint density at radius 3 is 2.36 bits per heavy atom. The minimum absolute atomic E-state index is 0.0550. The Balaban J connectivity index is 2.03. The standard InChI is InChI=1S/C22H27N3O2S/c1-7-18-21(28(26)17-11-9-16(10-12-17)22(3,4)5)23-24-25(18)19-14-15(2)8-13-20(19)27-6/h8-14H,7H2,1-6H3. The van der Waals surface area contributed by atoms with Crippen molar-refractivity contribution in [3.63, 3.8) is 0 Å². The Labute approximate surface area is 169 Å². The van der Waals surface area contributed by atoms with Gasteiger partial charge >= 0.3 is 0 Å². The van der Waals surface area contributed by atoms with Crippen LogP contribution < -0.4 is 4.74 Å². The third-order valence-electron chi connectivity index (χ3n) is 4.73. The maximum absolute atomic E-state index is 13.2. The Morgan fingerprint density at radius 2 is 1.79 bits per heavy atom. The second-order valence-electron chi connectivity index (χ2n) is 7.83. The zero-order valence-electron chi connectivity index (χ0n) is 17.3. The first-order chi connectivity index (χ1) is 13.3. The van der Waals surface area contributed by atoms with Crippen LogP contribution in [0, 0.1) is 6.92 Å². The number of nitrogens with zero attached hydrogens (tertiary/aromatic N) is 3. The molecule has 3 rings (SSSR count). The van der Waals surface area contributed by atoms with E-state index in [1.165, 1.54) is 5.56 Å². The summed E-state index contributed by atoms with van der Waals surface area (Å²) < 4.78 is 20.4. The maximum Gasteiger partial charge on any atom is 0.178 e. The lowest BCUT2D eigenvalue weighted by atomic mass is 9.87. The van der Waals surface area contributed by atoms with Gasteiger partial charge in [0.15, 0.2) is 5.03 Å². The molecule has 28 heavy (non-hydrogen) atoms. The van der Waals surface area contributed by atoms with E-state index < -0.39 is 10.8 Å². The smallest absolute Gasteiger partial charge is 0.178 e. The van der Waals surface area contributed by atoms with Gasteiger partial charge in [-0.1, -0.05) is 51.1 Å². The van der Waals surface area contributed by atoms with Crippen LogP contribution >= 0.6 is 0 Å². The van der Waals surface area contributed by atoms with Gasteiger partial charge in [-0.25, -0.2) is 8.89 Å². The number of aromatic nitrogens is 3. The zero-order chi connectivity index (χ0) is 20.5. The zero-order valence-corrected chi connectivity index (χ0v) is 18.1. The molecule has 5 nitrogen and oxygen atoms in total. The fourth-order valence-corrected chi connectivity index (χ4v) is 4.24. The van der Waals surface area contributed by atoms with Crippen molar-refractivity contribution in [2.75, 3.05) is 7.11 Å². The minimum Gasteiger partial charge on any atom is -0.494 e. The van der Waals surface area contributed by atoms with E-state index in [2.05, 4.69) is 31.1 Å². The van der Waals surface area contributed by atoms with E-state index in [-0.39, 0.29) is 5.41 Å². The van der Waals surface area contributed by atoms with Gasteiger partial charge in [0.2, 0.25) is 0 Å². The summed E-state index contributed by atoms with van der Waals surface area (Å²) in [6.07, 6.45) is 0.658. The first-order valence-electron chi connectivity index (χ1n) is 9.38. The van der Waals surface area contributed by atoms with Crippen LogP contribution in [0.25, 0.3) is 5.69 Å². The first-order valence-corrected chi connectivity index (χ1v) is 10.5. The van der Waals surface area contributed by atoms with Crippen LogP contribution in [0.15, 0.2) is 52.4 Å². The van der Waals surface area contributed by atoms with E-state index in [4.69, 9.17) is 4.74 Å². The summed E-state index contributed by atoms with van der Waals surface area (Å²) in [4.78, 5) is 0.728. The summed E-state index contributed by atoms with van der Waals surface area (Å²) in [5.41, 5.74) is 3.98. The molecule has 1 unspecified atom stereocenters. The number of hydrogen-bond donors (Lipinski definition) is 0. The summed E-state index contributed by atoms with van der Waals surface area (Å²) >= 11 is 0. The minimum atomic E-state index is -1.40. The summed E-state index contributed by atoms with van der Waals surface area (Å²) in [6.45, 7) is 10.5. The molecule has 0 saturated heterocycles. The van der Waals surface area contributed by atoms with Gasteiger partial charge in [0.1, 0.15) is 22.2 Å². The van der Waals surface area contributed by atoms with Gasteiger partial charge in [-0.05, 0) is 54.2 Å². The Bertz CT molecular complexity index is 1000. The molecule has 1 atom stereocenters. The van der Waals surface area contributed by atoms with Crippen molar-refractivity contribution in [3.05, 3.63) is 59.3 Å². The highest BCUT2D eigenvalue weighted by Crippen LogP contribution is 2.28. The molecule has 0 aliphatic carbocycles. The summed E-state index contributed by atoms with van der Waals surface area (Å²) in [5, 5.41) is 9.07. The van der Waals surface area contributed by atoms with E-state index in [0.29, 0.717) is 17.2 Å². The van der Waals surface area contributed by atoms with Crippen molar-refractivity contribution < 1.29 is 8.95 Å². The van der Waals surface area contributed by atoms with Crippen molar-refractivity contribution in [1.82, 2.24) is 15.0 Å². The lowest BCUT2D eigenvalue weighted by molar-refractivity contribution is 0.411. The fourth-order valence-electron chi connectivity index (χ4n) is 3.08. The molecular weight excluding hydrogens is 370 g/mol. The molecule has 0 spiro atoms. The molecule has 0 saturated carbocycles. The predicted molar refractivity (Wildman–Crippen MR) is 112 cm³/mol. The van der Waals surface area contributed by atoms with Crippen LogP contribution in [-0.2, 0) is 22.6 Å². The van der Waals surface area contributed by atoms with Crippen LogP contribution in [0.4, 0.5) is 0 Å². The van der Waals surface area contributed by atoms with Crippen molar-refractivity contribution in [2.45, 2.75) is 56.4 Å². The largest absolute Gasteiger partial charge is 0.494 e. The van der Waals surface area contributed by atoms with Crippen molar-refractivity contribution in [2.24, 2.45) is 0 Å². The molecule has 1 heterocycles. The molecule has 148 valence electrons. The van der Waals surface area contributed by atoms with E-state index in [1.54, 1.807) is 11.8 Å². The number of aryl methyl sites for hydroxylation is 1. The average molecular weight is 398 g/mol. The van der Waals surface area contributed by atoms with Crippen LogP contribution in [0.5, 0.6) is 5.75 Å². The highest BCUT2D eigenvalue weighted by atomic mass is 32.2. The van der Waals surface area contributed by atoms with Gasteiger partial charge < -0.3 is 4.74 Å². The summed E-state index contributed by atoms with van der Waals surface area (Å²) in [6, 6.07) is 13.8. The lowest BCUT2D eigenvalue weighted by Gasteiger charge is -2.19. The molecule has 2 aromatic carbocycles. The average Bonchev–Trinajstić information content (AvgIpc) is 3.10. The highest BCUT2D eigenvalue weighted by molar-refractivity contribution is 7.85. The number of ether oxygens (including phenoxy) is 1. The molecule has 0 fully saturated rings. The quantitative estimate of drug-likeness (QED) is 0.631. The molecule has 0 N–H and O–H groups in total. The second kappa shape index (κ2) is 7.87. The van der Waals surface area contributed by atoms with E-state index in [0.717, 1.165) is 21.8 Å². The van der Waals surface area contributed by atoms with Crippen molar-refractivity contribution >= 4 is 10.8 Å². The number of rotatable bonds is 5. The van der Waals surface area contributed by atoms with E-state index in [1.807, 2.05) is 56.3 Å². The van der Waals surface area contributed by atoms with Crippen molar-refractivity contribution in [3.8, 4) is 11.4 Å².